The molecule has 88 valence electrons. The number of alkyl carbamates (subject to hydrolysis) is 1. The van der Waals surface area contributed by atoms with Gasteiger partial charge in [-0.05, 0) is 27.2 Å². The van der Waals surface area contributed by atoms with Gasteiger partial charge in [0.05, 0.1) is 18.8 Å². The van der Waals surface area contributed by atoms with Gasteiger partial charge in [0.15, 0.2) is 0 Å². The fraction of sp³-hybridized carbons (Fsp3) is 0.900. The number of carbonyl (C=O) groups excluding carboxylic acids is 1. The minimum absolute atomic E-state index is 0.133. The van der Waals surface area contributed by atoms with Crippen LogP contribution in [-0.4, -0.2) is 42.2 Å². The van der Waals surface area contributed by atoms with E-state index in [1.807, 2.05) is 0 Å². The summed E-state index contributed by atoms with van der Waals surface area (Å²) in [5, 5.41) is 11.9. The van der Waals surface area contributed by atoms with Gasteiger partial charge in [0.25, 0.3) is 0 Å². The van der Waals surface area contributed by atoms with E-state index in [0.717, 1.165) is 0 Å². The first kappa shape index (κ1) is 12.3. The second-order valence-corrected chi connectivity index (χ2v) is 4.87. The van der Waals surface area contributed by atoms with Gasteiger partial charge in [-0.25, -0.2) is 4.79 Å². The topological polar surface area (TPSA) is 67.8 Å². The van der Waals surface area contributed by atoms with Gasteiger partial charge in [0.1, 0.15) is 5.60 Å². The fourth-order valence-corrected chi connectivity index (χ4v) is 1.39. The maximum Gasteiger partial charge on any atom is 0.408 e. The molecule has 0 radical (unpaired) electrons. The Morgan fingerprint density at radius 1 is 1.60 bits per heavy atom. The predicted molar refractivity (Wildman–Crippen MR) is 54.6 cm³/mol. The zero-order valence-electron chi connectivity index (χ0n) is 9.50. The Bertz CT molecular complexity index is 228. The lowest BCUT2D eigenvalue weighted by molar-refractivity contribution is 0.0376. The SMILES string of the molecule is CC(C)(C)OC(=O)NC1(CO)CCOC1. The van der Waals surface area contributed by atoms with Gasteiger partial charge in [-0.1, -0.05) is 0 Å². The summed E-state index contributed by atoms with van der Waals surface area (Å²) < 4.78 is 10.3. The molecule has 5 heteroatoms. The third-order valence-electron chi connectivity index (χ3n) is 2.17. The van der Waals surface area contributed by atoms with Gasteiger partial charge in [-0.2, -0.15) is 0 Å². The number of aliphatic hydroxyl groups excluding tert-OH is 1. The maximum atomic E-state index is 11.5. The van der Waals surface area contributed by atoms with E-state index in [2.05, 4.69) is 5.32 Å². The summed E-state index contributed by atoms with van der Waals surface area (Å²) in [6.07, 6.45) is 0.102. The van der Waals surface area contributed by atoms with Crippen LogP contribution in [0.5, 0.6) is 0 Å². The fourth-order valence-electron chi connectivity index (χ4n) is 1.39. The highest BCUT2D eigenvalue weighted by atomic mass is 16.6. The summed E-state index contributed by atoms with van der Waals surface area (Å²) in [6.45, 7) is 6.14. The molecule has 1 rings (SSSR count). The Balaban J connectivity index is 2.49. The van der Waals surface area contributed by atoms with Crippen molar-refractivity contribution in [3.05, 3.63) is 0 Å². The molecule has 15 heavy (non-hydrogen) atoms. The molecule has 5 nitrogen and oxygen atoms in total. The number of hydrogen-bond donors (Lipinski definition) is 2. The van der Waals surface area contributed by atoms with Gasteiger partial charge in [-0.15, -0.1) is 0 Å². The molecule has 0 bridgehead atoms. The standard InChI is InChI=1S/C10H19NO4/c1-9(2,3)15-8(13)11-10(6-12)4-5-14-7-10/h12H,4-7H2,1-3H3,(H,11,13). The number of carbonyl (C=O) groups is 1. The summed E-state index contributed by atoms with van der Waals surface area (Å²) >= 11 is 0. The molecular formula is C10H19NO4. The molecule has 0 aromatic heterocycles. The molecule has 0 aromatic carbocycles. The van der Waals surface area contributed by atoms with Crippen molar-refractivity contribution in [1.82, 2.24) is 5.32 Å². The summed E-state index contributed by atoms with van der Waals surface area (Å²) in [5.41, 5.74) is -1.19. The lowest BCUT2D eigenvalue weighted by Crippen LogP contribution is -2.53. The van der Waals surface area contributed by atoms with E-state index >= 15 is 0 Å². The summed E-state index contributed by atoms with van der Waals surface area (Å²) in [6, 6.07) is 0. The van der Waals surface area contributed by atoms with Crippen molar-refractivity contribution in [3.63, 3.8) is 0 Å². The third kappa shape index (κ3) is 3.68. The Hall–Kier alpha value is -0.810. The van der Waals surface area contributed by atoms with E-state index in [4.69, 9.17) is 9.47 Å². The van der Waals surface area contributed by atoms with Crippen molar-refractivity contribution in [3.8, 4) is 0 Å². The second-order valence-electron chi connectivity index (χ2n) is 4.87. The molecule has 0 aromatic rings. The van der Waals surface area contributed by atoms with Crippen LogP contribution in [0.1, 0.15) is 27.2 Å². The van der Waals surface area contributed by atoms with Gasteiger partial charge in [0.2, 0.25) is 0 Å². The van der Waals surface area contributed by atoms with E-state index in [9.17, 15) is 9.90 Å². The Labute approximate surface area is 89.8 Å². The smallest absolute Gasteiger partial charge is 0.408 e. The Morgan fingerprint density at radius 2 is 2.27 bits per heavy atom. The highest BCUT2D eigenvalue weighted by Crippen LogP contribution is 2.18. The average molecular weight is 217 g/mol. The van der Waals surface area contributed by atoms with Crippen molar-refractivity contribution >= 4 is 6.09 Å². The molecule has 0 aliphatic carbocycles. The van der Waals surface area contributed by atoms with Gasteiger partial charge in [0, 0.05) is 6.61 Å². The molecule has 1 atom stereocenters. The summed E-state index contributed by atoms with van der Waals surface area (Å²) in [4.78, 5) is 11.5. The number of hydrogen-bond acceptors (Lipinski definition) is 4. The molecule has 1 saturated heterocycles. The van der Waals surface area contributed by atoms with Crippen LogP contribution >= 0.6 is 0 Å². The van der Waals surface area contributed by atoms with Crippen LogP contribution in [0.2, 0.25) is 0 Å². The lowest BCUT2D eigenvalue weighted by Gasteiger charge is -2.28. The quantitative estimate of drug-likeness (QED) is 0.713. The van der Waals surface area contributed by atoms with Crippen molar-refractivity contribution in [2.24, 2.45) is 0 Å². The van der Waals surface area contributed by atoms with Crippen LogP contribution in [0.25, 0.3) is 0 Å². The van der Waals surface area contributed by atoms with Crippen LogP contribution in [0.4, 0.5) is 4.79 Å². The van der Waals surface area contributed by atoms with Crippen molar-refractivity contribution in [2.75, 3.05) is 19.8 Å². The lowest BCUT2D eigenvalue weighted by atomic mass is 10.0. The number of ether oxygens (including phenoxy) is 2. The first-order valence-electron chi connectivity index (χ1n) is 5.07. The Kier molecular flexibility index (Phi) is 3.57. The largest absolute Gasteiger partial charge is 0.444 e. The second kappa shape index (κ2) is 4.37. The van der Waals surface area contributed by atoms with E-state index in [0.29, 0.717) is 19.6 Å². The van der Waals surface area contributed by atoms with Gasteiger partial charge >= 0.3 is 6.09 Å². The van der Waals surface area contributed by atoms with Crippen LogP contribution < -0.4 is 5.32 Å². The summed E-state index contributed by atoms with van der Waals surface area (Å²) in [5.74, 6) is 0. The third-order valence-corrected chi connectivity index (χ3v) is 2.17. The molecule has 1 amide bonds. The monoisotopic (exact) mass is 217 g/mol. The molecule has 1 fully saturated rings. The van der Waals surface area contributed by atoms with Crippen molar-refractivity contribution in [2.45, 2.75) is 38.3 Å². The van der Waals surface area contributed by atoms with Crippen LogP contribution in [0.15, 0.2) is 0 Å². The molecule has 0 saturated carbocycles. The van der Waals surface area contributed by atoms with Crippen LogP contribution in [0.3, 0.4) is 0 Å². The van der Waals surface area contributed by atoms with Gasteiger partial charge in [-0.3, -0.25) is 0 Å². The molecule has 1 aliphatic heterocycles. The molecule has 0 spiro atoms. The molecule has 1 unspecified atom stereocenters. The zero-order valence-corrected chi connectivity index (χ0v) is 9.50. The molecule has 2 N–H and O–H groups in total. The number of aliphatic hydroxyl groups is 1. The first-order chi connectivity index (χ1) is 6.87. The van der Waals surface area contributed by atoms with E-state index in [-0.39, 0.29) is 6.61 Å². The highest BCUT2D eigenvalue weighted by molar-refractivity contribution is 5.68. The zero-order chi connectivity index (χ0) is 11.5. The van der Waals surface area contributed by atoms with Gasteiger partial charge < -0.3 is 19.9 Å². The average Bonchev–Trinajstić information content (AvgIpc) is 2.50. The highest BCUT2D eigenvalue weighted by Gasteiger charge is 2.37. The molecular weight excluding hydrogens is 198 g/mol. The molecule has 1 aliphatic rings. The number of amides is 1. The molecule has 1 heterocycles. The van der Waals surface area contributed by atoms with Crippen LogP contribution in [0, 0.1) is 0 Å². The maximum absolute atomic E-state index is 11.5. The predicted octanol–water partition coefficient (Wildman–Crippen LogP) is 0.663. The number of nitrogens with one attached hydrogen (secondary N) is 1. The summed E-state index contributed by atoms with van der Waals surface area (Å²) in [7, 11) is 0. The Morgan fingerprint density at radius 3 is 2.67 bits per heavy atom. The van der Waals surface area contributed by atoms with Crippen molar-refractivity contribution in [1.29, 1.82) is 0 Å². The normalized spacial score (nSPS) is 26.4. The minimum atomic E-state index is -0.664. The van der Waals surface area contributed by atoms with E-state index < -0.39 is 17.2 Å². The number of rotatable bonds is 2. The van der Waals surface area contributed by atoms with E-state index in [1.54, 1.807) is 20.8 Å². The minimum Gasteiger partial charge on any atom is -0.444 e. The first-order valence-corrected chi connectivity index (χ1v) is 5.07. The van der Waals surface area contributed by atoms with Crippen molar-refractivity contribution < 1.29 is 19.4 Å². The van der Waals surface area contributed by atoms with E-state index in [1.165, 1.54) is 0 Å². The van der Waals surface area contributed by atoms with Crippen LogP contribution in [-0.2, 0) is 9.47 Å².